The minimum Gasteiger partial charge on any atom is -0.395 e. The highest BCUT2D eigenvalue weighted by Crippen LogP contribution is 2.48. The van der Waals surface area contributed by atoms with Crippen LogP contribution in [0.4, 0.5) is 0 Å². The first-order valence-corrected chi connectivity index (χ1v) is 9.43. The predicted molar refractivity (Wildman–Crippen MR) is 107 cm³/mol. The molecule has 2 nitrogen and oxygen atoms in total. The lowest BCUT2D eigenvalue weighted by atomic mass is 9.84. The molecule has 0 saturated carbocycles. The monoisotopic (exact) mass is 349 g/mol. The van der Waals surface area contributed by atoms with Gasteiger partial charge in [-0.3, -0.25) is 0 Å². The lowest BCUT2D eigenvalue weighted by Crippen LogP contribution is -2.32. The molecule has 0 aromatic heterocycles. The molecule has 0 aliphatic carbocycles. The first-order valence-electron chi connectivity index (χ1n) is 8.44. The van der Waals surface area contributed by atoms with E-state index >= 15 is 0 Å². The molecule has 0 heterocycles. The smallest absolute Gasteiger partial charge is 0.0907 e. The third-order valence-electron chi connectivity index (χ3n) is 4.29. The van der Waals surface area contributed by atoms with E-state index in [1.165, 1.54) is 16.7 Å². The molecule has 0 unspecified atom stereocenters. The van der Waals surface area contributed by atoms with Gasteiger partial charge in [-0.05, 0) is 16.7 Å². The van der Waals surface area contributed by atoms with Crippen molar-refractivity contribution in [3.8, 4) is 0 Å². The van der Waals surface area contributed by atoms with Crippen molar-refractivity contribution in [3.05, 3.63) is 108 Å². The molecule has 3 N–H and O–H groups in total. The maximum absolute atomic E-state index is 9.40. The van der Waals surface area contributed by atoms with E-state index in [1.54, 1.807) is 11.8 Å². The van der Waals surface area contributed by atoms with Crippen LogP contribution in [0, 0.1) is 0 Å². The van der Waals surface area contributed by atoms with Gasteiger partial charge in [-0.2, -0.15) is 0 Å². The molecule has 3 rings (SSSR count). The molecule has 3 aromatic rings. The summed E-state index contributed by atoms with van der Waals surface area (Å²) in [6.07, 6.45) is 0. The Hall–Kier alpha value is -2.07. The largest absolute Gasteiger partial charge is 0.395 e. The number of benzene rings is 3. The Labute approximate surface area is 153 Å². The minimum absolute atomic E-state index is 0.0125. The molecule has 25 heavy (non-hydrogen) atoms. The van der Waals surface area contributed by atoms with E-state index in [2.05, 4.69) is 72.8 Å². The van der Waals surface area contributed by atoms with Gasteiger partial charge in [0.1, 0.15) is 0 Å². The molecular formula is C22H23NOS. The van der Waals surface area contributed by atoms with Crippen LogP contribution >= 0.6 is 11.8 Å². The van der Waals surface area contributed by atoms with E-state index in [0.29, 0.717) is 5.75 Å². The molecule has 0 bridgehead atoms. The number of aliphatic hydroxyl groups is 1. The fraction of sp³-hybridized carbons (Fsp3) is 0.182. The molecule has 0 fully saturated rings. The number of aliphatic hydroxyl groups excluding tert-OH is 1. The third kappa shape index (κ3) is 3.79. The molecule has 0 spiro atoms. The SMILES string of the molecule is N[C@H](CO)CSC(c1ccccc1)(c1ccccc1)c1ccccc1. The number of hydrogen-bond acceptors (Lipinski definition) is 3. The topological polar surface area (TPSA) is 46.2 Å². The summed E-state index contributed by atoms with van der Waals surface area (Å²) in [7, 11) is 0. The van der Waals surface area contributed by atoms with Crippen molar-refractivity contribution >= 4 is 11.8 Å². The molecule has 0 saturated heterocycles. The average molecular weight is 349 g/mol. The van der Waals surface area contributed by atoms with E-state index in [-0.39, 0.29) is 17.4 Å². The van der Waals surface area contributed by atoms with E-state index < -0.39 is 0 Å². The molecule has 0 amide bonds. The fourth-order valence-electron chi connectivity index (χ4n) is 3.05. The van der Waals surface area contributed by atoms with Gasteiger partial charge in [0.15, 0.2) is 0 Å². The summed E-state index contributed by atoms with van der Waals surface area (Å²) < 4.78 is -0.365. The zero-order chi connectivity index (χ0) is 17.5. The molecule has 3 aromatic carbocycles. The van der Waals surface area contributed by atoms with Gasteiger partial charge in [-0.1, -0.05) is 91.0 Å². The Bertz CT molecular complexity index is 665. The van der Waals surface area contributed by atoms with Gasteiger partial charge in [0.2, 0.25) is 0 Å². The molecule has 3 heteroatoms. The first kappa shape index (κ1) is 17.7. The van der Waals surface area contributed by atoms with Crippen molar-refractivity contribution in [3.63, 3.8) is 0 Å². The van der Waals surface area contributed by atoms with Gasteiger partial charge in [0.05, 0.1) is 11.4 Å². The van der Waals surface area contributed by atoms with Crippen molar-refractivity contribution in [2.75, 3.05) is 12.4 Å². The van der Waals surface area contributed by atoms with Crippen LogP contribution in [0.1, 0.15) is 16.7 Å². The van der Waals surface area contributed by atoms with Crippen LogP contribution in [0.3, 0.4) is 0 Å². The van der Waals surface area contributed by atoms with Crippen molar-refractivity contribution in [2.45, 2.75) is 10.8 Å². The van der Waals surface area contributed by atoms with Crippen molar-refractivity contribution in [1.29, 1.82) is 0 Å². The third-order valence-corrected chi connectivity index (χ3v) is 6.02. The summed E-state index contributed by atoms with van der Waals surface area (Å²) in [5.41, 5.74) is 9.68. The van der Waals surface area contributed by atoms with Crippen LogP contribution in [0.25, 0.3) is 0 Å². The first-order chi connectivity index (χ1) is 12.3. The Balaban J connectivity index is 2.20. The molecule has 0 aliphatic rings. The number of thioether (sulfide) groups is 1. The van der Waals surface area contributed by atoms with Gasteiger partial charge in [0.25, 0.3) is 0 Å². The molecule has 0 radical (unpaired) electrons. The number of nitrogens with two attached hydrogens (primary N) is 1. The lowest BCUT2D eigenvalue weighted by Gasteiger charge is -2.36. The quantitative estimate of drug-likeness (QED) is 0.633. The summed E-state index contributed by atoms with van der Waals surface area (Å²) in [4.78, 5) is 0. The fourth-order valence-corrected chi connectivity index (χ4v) is 4.53. The highest BCUT2D eigenvalue weighted by atomic mass is 32.2. The summed E-state index contributed by atoms with van der Waals surface area (Å²) >= 11 is 1.78. The van der Waals surface area contributed by atoms with Crippen LogP contribution in [0.2, 0.25) is 0 Å². The zero-order valence-corrected chi connectivity index (χ0v) is 14.9. The molecule has 128 valence electrons. The van der Waals surface area contributed by atoms with Crippen molar-refractivity contribution in [2.24, 2.45) is 5.73 Å². The second-order valence-corrected chi connectivity index (χ2v) is 7.27. The average Bonchev–Trinajstić information content (AvgIpc) is 2.71. The molecule has 1 atom stereocenters. The van der Waals surface area contributed by atoms with Crippen LogP contribution in [-0.2, 0) is 4.75 Å². The number of hydrogen-bond donors (Lipinski definition) is 2. The Morgan fingerprint density at radius 1 is 0.720 bits per heavy atom. The number of rotatable bonds is 7. The lowest BCUT2D eigenvalue weighted by molar-refractivity contribution is 0.275. The van der Waals surface area contributed by atoms with Gasteiger partial charge in [-0.25, -0.2) is 0 Å². The predicted octanol–water partition coefficient (Wildman–Crippen LogP) is 4.03. The highest BCUT2D eigenvalue weighted by Gasteiger charge is 2.37. The Morgan fingerprint density at radius 2 is 1.08 bits per heavy atom. The van der Waals surface area contributed by atoms with E-state index in [4.69, 9.17) is 5.73 Å². The normalized spacial score (nSPS) is 12.7. The Kier molecular flexibility index (Phi) is 5.92. The standard InChI is InChI=1S/C22H23NOS/c23-21(16-24)17-25-22(18-10-4-1-5-11-18,19-12-6-2-7-13-19)20-14-8-3-9-15-20/h1-15,21,24H,16-17,23H2/t21-/m1/s1. The summed E-state index contributed by atoms with van der Waals surface area (Å²) in [6, 6.07) is 31.3. The van der Waals surface area contributed by atoms with Crippen molar-refractivity contribution < 1.29 is 5.11 Å². The second kappa shape index (κ2) is 8.34. The molecule has 0 aliphatic heterocycles. The van der Waals surface area contributed by atoms with Crippen LogP contribution in [0.15, 0.2) is 91.0 Å². The zero-order valence-electron chi connectivity index (χ0n) is 14.1. The van der Waals surface area contributed by atoms with Gasteiger partial charge < -0.3 is 10.8 Å². The van der Waals surface area contributed by atoms with Gasteiger partial charge in [0, 0.05) is 11.8 Å². The Morgan fingerprint density at radius 3 is 1.40 bits per heavy atom. The highest BCUT2D eigenvalue weighted by molar-refractivity contribution is 8.00. The van der Waals surface area contributed by atoms with E-state index in [0.717, 1.165) is 0 Å². The second-order valence-electron chi connectivity index (χ2n) is 6.03. The minimum atomic E-state index is -0.365. The van der Waals surface area contributed by atoms with Gasteiger partial charge >= 0.3 is 0 Å². The summed E-state index contributed by atoms with van der Waals surface area (Å²) in [5, 5.41) is 9.40. The van der Waals surface area contributed by atoms with Crippen molar-refractivity contribution in [1.82, 2.24) is 0 Å². The van der Waals surface area contributed by atoms with Crippen LogP contribution in [-0.4, -0.2) is 23.5 Å². The van der Waals surface area contributed by atoms with E-state index in [9.17, 15) is 5.11 Å². The maximum atomic E-state index is 9.40. The summed E-state index contributed by atoms with van der Waals surface area (Å²) in [6.45, 7) is -0.0125. The van der Waals surface area contributed by atoms with Crippen LogP contribution in [0.5, 0.6) is 0 Å². The van der Waals surface area contributed by atoms with Gasteiger partial charge in [-0.15, -0.1) is 11.8 Å². The van der Waals surface area contributed by atoms with E-state index in [1.807, 2.05) is 18.2 Å². The molecular weight excluding hydrogens is 326 g/mol. The maximum Gasteiger partial charge on any atom is 0.0907 e. The van der Waals surface area contributed by atoms with Crippen LogP contribution < -0.4 is 5.73 Å². The summed E-state index contributed by atoms with van der Waals surface area (Å²) in [5.74, 6) is 0.662.